The normalized spacial score (nSPS) is 25.0. The fourth-order valence-electron chi connectivity index (χ4n) is 3.41. The minimum Gasteiger partial charge on any atom is -0.369 e. The first-order chi connectivity index (χ1) is 9.75. The van der Waals surface area contributed by atoms with E-state index in [1.807, 2.05) is 11.8 Å². The predicted molar refractivity (Wildman–Crippen MR) is 90.4 cm³/mol. The summed E-state index contributed by atoms with van der Waals surface area (Å²) in [4.78, 5) is 1.33. The Kier molecular flexibility index (Phi) is 5.03. The summed E-state index contributed by atoms with van der Waals surface area (Å²) in [6.07, 6.45) is 1.03. The topological polar surface area (TPSA) is 47.3 Å². The first-order valence-electron chi connectivity index (χ1n) is 7.60. The maximum absolute atomic E-state index is 6.20. The maximum atomic E-state index is 6.20. The lowest BCUT2D eigenvalue weighted by Gasteiger charge is -2.32. The van der Waals surface area contributed by atoms with E-state index in [0.29, 0.717) is 5.92 Å². The lowest BCUT2D eigenvalue weighted by atomic mass is 9.82. The summed E-state index contributed by atoms with van der Waals surface area (Å²) in [6.45, 7) is 10.8. The predicted octanol–water partition coefficient (Wildman–Crippen LogP) is 3.51. The van der Waals surface area contributed by atoms with Gasteiger partial charge in [0.2, 0.25) is 0 Å². The van der Waals surface area contributed by atoms with Crippen LogP contribution < -0.4 is 11.3 Å². The summed E-state index contributed by atoms with van der Waals surface area (Å²) >= 11 is 1.87. The van der Waals surface area contributed by atoms with Crippen LogP contribution >= 0.6 is 11.8 Å². The SMILES string of the molecule is Cc1ccccc1SCC(NN)C1CC(C)(C)OC1(C)C. The molecule has 2 rings (SSSR count). The van der Waals surface area contributed by atoms with E-state index in [1.54, 1.807) is 0 Å². The minimum atomic E-state index is -0.146. The van der Waals surface area contributed by atoms with E-state index in [4.69, 9.17) is 10.6 Å². The third kappa shape index (κ3) is 4.01. The molecule has 21 heavy (non-hydrogen) atoms. The molecule has 118 valence electrons. The third-order valence-electron chi connectivity index (χ3n) is 4.36. The number of thioether (sulfide) groups is 1. The Balaban J connectivity index is 2.05. The van der Waals surface area contributed by atoms with Crippen molar-refractivity contribution in [2.45, 2.75) is 63.2 Å². The second-order valence-corrected chi connectivity index (χ2v) is 8.19. The summed E-state index contributed by atoms with van der Waals surface area (Å²) in [5.41, 5.74) is 4.13. The van der Waals surface area contributed by atoms with Crippen LogP contribution in [0.1, 0.15) is 39.7 Å². The smallest absolute Gasteiger partial charge is 0.0678 e. The van der Waals surface area contributed by atoms with E-state index in [1.165, 1.54) is 10.5 Å². The van der Waals surface area contributed by atoms with E-state index in [2.05, 4.69) is 64.3 Å². The number of hydrogen-bond acceptors (Lipinski definition) is 4. The van der Waals surface area contributed by atoms with Gasteiger partial charge in [0.1, 0.15) is 0 Å². The Morgan fingerprint density at radius 2 is 2.00 bits per heavy atom. The molecule has 0 aromatic heterocycles. The number of hydrogen-bond donors (Lipinski definition) is 2. The first-order valence-corrected chi connectivity index (χ1v) is 8.58. The average Bonchev–Trinajstić information content (AvgIpc) is 2.60. The van der Waals surface area contributed by atoms with Crippen molar-refractivity contribution >= 4 is 11.8 Å². The first kappa shape index (κ1) is 16.8. The monoisotopic (exact) mass is 308 g/mol. The van der Waals surface area contributed by atoms with Crippen LogP contribution in [-0.4, -0.2) is 23.0 Å². The number of aryl methyl sites for hydroxylation is 1. The summed E-state index contributed by atoms with van der Waals surface area (Å²) in [7, 11) is 0. The Bertz CT molecular complexity index is 487. The van der Waals surface area contributed by atoms with E-state index in [0.717, 1.165) is 12.2 Å². The molecule has 1 aromatic rings. The van der Waals surface area contributed by atoms with Crippen molar-refractivity contribution in [2.24, 2.45) is 11.8 Å². The largest absolute Gasteiger partial charge is 0.369 e. The Hall–Kier alpha value is -0.550. The summed E-state index contributed by atoms with van der Waals surface area (Å²) in [5, 5.41) is 0. The molecule has 1 saturated heterocycles. The highest BCUT2D eigenvalue weighted by Crippen LogP contribution is 2.44. The Morgan fingerprint density at radius 3 is 2.52 bits per heavy atom. The van der Waals surface area contributed by atoms with Crippen LogP contribution in [0.4, 0.5) is 0 Å². The van der Waals surface area contributed by atoms with Crippen molar-refractivity contribution in [2.75, 3.05) is 5.75 Å². The molecule has 2 atom stereocenters. The van der Waals surface area contributed by atoms with Gasteiger partial charge in [-0.1, -0.05) is 18.2 Å². The van der Waals surface area contributed by atoms with Gasteiger partial charge in [-0.05, 0) is 52.7 Å². The molecule has 2 unspecified atom stereocenters. The van der Waals surface area contributed by atoms with Gasteiger partial charge in [-0.15, -0.1) is 11.8 Å². The molecule has 0 bridgehead atoms. The lowest BCUT2D eigenvalue weighted by molar-refractivity contribution is -0.0769. The minimum absolute atomic E-state index is 0.0728. The molecule has 1 fully saturated rings. The zero-order valence-electron chi connectivity index (χ0n) is 13.8. The van der Waals surface area contributed by atoms with E-state index in [-0.39, 0.29) is 17.2 Å². The van der Waals surface area contributed by atoms with Gasteiger partial charge in [-0.25, -0.2) is 0 Å². The molecular formula is C17H28N2OS. The van der Waals surface area contributed by atoms with Crippen molar-refractivity contribution in [1.29, 1.82) is 0 Å². The van der Waals surface area contributed by atoms with Crippen molar-refractivity contribution in [3.63, 3.8) is 0 Å². The Morgan fingerprint density at radius 1 is 1.33 bits per heavy atom. The van der Waals surface area contributed by atoms with Gasteiger partial charge in [-0.2, -0.15) is 0 Å². The van der Waals surface area contributed by atoms with E-state index < -0.39 is 0 Å². The third-order valence-corrected chi connectivity index (χ3v) is 5.65. The highest BCUT2D eigenvalue weighted by atomic mass is 32.2. The molecule has 4 heteroatoms. The Labute approximate surface area is 133 Å². The van der Waals surface area contributed by atoms with Crippen LogP contribution in [0.5, 0.6) is 0 Å². The number of benzene rings is 1. The molecule has 1 heterocycles. The van der Waals surface area contributed by atoms with Crippen molar-refractivity contribution in [1.82, 2.24) is 5.43 Å². The van der Waals surface area contributed by atoms with Gasteiger partial charge in [0, 0.05) is 22.6 Å². The number of nitrogens with two attached hydrogens (primary N) is 1. The molecule has 1 aromatic carbocycles. The summed E-state index contributed by atoms with van der Waals surface area (Å²) in [6, 6.07) is 8.74. The number of hydrazine groups is 1. The molecule has 0 spiro atoms. The fourth-order valence-corrected chi connectivity index (χ4v) is 4.57. The van der Waals surface area contributed by atoms with Crippen LogP contribution in [-0.2, 0) is 4.74 Å². The van der Waals surface area contributed by atoms with Crippen LogP contribution in [0.2, 0.25) is 0 Å². The number of rotatable bonds is 5. The molecule has 0 aliphatic carbocycles. The standard InChI is InChI=1S/C17H28N2OS/c1-12-8-6-7-9-15(12)21-11-14(19-18)13-10-16(2,3)20-17(13,4)5/h6-9,13-14,19H,10-11,18H2,1-5H3. The van der Waals surface area contributed by atoms with Gasteiger partial charge in [0.15, 0.2) is 0 Å². The van der Waals surface area contributed by atoms with Crippen LogP contribution in [0, 0.1) is 12.8 Å². The molecule has 0 amide bonds. The van der Waals surface area contributed by atoms with Gasteiger partial charge in [0.05, 0.1) is 11.2 Å². The van der Waals surface area contributed by atoms with Gasteiger partial charge >= 0.3 is 0 Å². The summed E-state index contributed by atoms with van der Waals surface area (Å²) in [5.74, 6) is 7.21. The summed E-state index contributed by atoms with van der Waals surface area (Å²) < 4.78 is 6.20. The highest BCUT2D eigenvalue weighted by Gasteiger charge is 2.48. The highest BCUT2D eigenvalue weighted by molar-refractivity contribution is 7.99. The second-order valence-electron chi connectivity index (χ2n) is 7.13. The van der Waals surface area contributed by atoms with Gasteiger partial charge < -0.3 is 4.74 Å². The van der Waals surface area contributed by atoms with Crippen molar-refractivity contribution in [3.8, 4) is 0 Å². The van der Waals surface area contributed by atoms with Gasteiger partial charge in [0.25, 0.3) is 0 Å². The van der Waals surface area contributed by atoms with Gasteiger partial charge in [-0.3, -0.25) is 11.3 Å². The van der Waals surface area contributed by atoms with Crippen molar-refractivity contribution < 1.29 is 4.74 Å². The molecule has 0 radical (unpaired) electrons. The van der Waals surface area contributed by atoms with Crippen LogP contribution in [0.25, 0.3) is 0 Å². The molecule has 1 aliphatic rings. The average molecular weight is 308 g/mol. The molecule has 0 saturated carbocycles. The lowest BCUT2D eigenvalue weighted by Crippen LogP contribution is -2.48. The number of nitrogens with one attached hydrogen (secondary N) is 1. The second kappa shape index (κ2) is 6.29. The fraction of sp³-hybridized carbons (Fsp3) is 0.647. The molecule has 3 N–H and O–H groups in total. The zero-order valence-corrected chi connectivity index (χ0v) is 14.6. The quantitative estimate of drug-likeness (QED) is 0.496. The van der Waals surface area contributed by atoms with Crippen molar-refractivity contribution in [3.05, 3.63) is 29.8 Å². The number of ether oxygens (including phenoxy) is 1. The maximum Gasteiger partial charge on any atom is 0.0678 e. The zero-order chi connectivity index (χ0) is 15.7. The van der Waals surface area contributed by atoms with E-state index in [9.17, 15) is 0 Å². The van der Waals surface area contributed by atoms with Crippen LogP contribution in [0.3, 0.4) is 0 Å². The molecule has 3 nitrogen and oxygen atoms in total. The molecular weight excluding hydrogens is 280 g/mol. The van der Waals surface area contributed by atoms with Crippen LogP contribution in [0.15, 0.2) is 29.2 Å². The molecule has 1 aliphatic heterocycles. The van der Waals surface area contributed by atoms with E-state index >= 15 is 0 Å².